The van der Waals surface area contributed by atoms with Crippen LogP contribution in [-0.4, -0.2) is 20.6 Å². The molecule has 2 aromatic heterocycles. The molecule has 2 heterocycles. The molecule has 0 amide bonds. The van der Waals surface area contributed by atoms with Gasteiger partial charge in [0.2, 0.25) is 0 Å². The number of rotatable bonds is 2. The Morgan fingerprint density at radius 2 is 2.38 bits per heavy atom. The molecule has 0 aromatic carbocycles. The fraction of sp³-hybridized carbons (Fsp3) is 0.444. The van der Waals surface area contributed by atoms with Crippen molar-refractivity contribution in [1.82, 2.24) is 14.5 Å². The number of nitrogens with zero attached hydrogens (tertiary/aromatic N) is 2. The molecule has 0 bridgehead atoms. The van der Waals surface area contributed by atoms with Crippen LogP contribution in [0.4, 0.5) is 5.13 Å². The van der Waals surface area contributed by atoms with E-state index in [1.807, 2.05) is 0 Å². The summed E-state index contributed by atoms with van der Waals surface area (Å²) in [7, 11) is 1.66. The fourth-order valence-corrected chi connectivity index (χ4v) is 2.60. The number of H-pyrrole nitrogens is 1. The number of hydrogen-bond donors (Lipinski definition) is 2. The number of thiazole rings is 1. The maximum atomic E-state index is 11.9. The number of anilines is 1. The van der Waals surface area contributed by atoms with Crippen molar-refractivity contribution < 1.29 is 0 Å². The zero-order valence-corrected chi connectivity index (χ0v) is 10.2. The summed E-state index contributed by atoms with van der Waals surface area (Å²) in [5.41, 5.74) is 0.501. The highest BCUT2D eigenvalue weighted by Crippen LogP contribution is 2.28. The molecule has 84 valence electrons. The Labute approximate surface area is 100 Å². The Hall–Kier alpha value is -1.21. The third kappa shape index (κ3) is 1.56. The third-order valence-electron chi connectivity index (χ3n) is 2.56. The van der Waals surface area contributed by atoms with Gasteiger partial charge in [-0.25, -0.2) is 4.98 Å². The van der Waals surface area contributed by atoms with Crippen molar-refractivity contribution >= 4 is 39.0 Å². The molecule has 0 unspecified atom stereocenters. The zero-order chi connectivity index (χ0) is 11.3. The van der Waals surface area contributed by atoms with Gasteiger partial charge in [0.15, 0.2) is 15.5 Å². The topological polar surface area (TPSA) is 62.7 Å². The van der Waals surface area contributed by atoms with Gasteiger partial charge in [0, 0.05) is 13.1 Å². The molecular formula is C9H10N4OS2. The second-order valence-corrected chi connectivity index (χ2v) is 5.30. The van der Waals surface area contributed by atoms with Crippen molar-refractivity contribution in [1.29, 1.82) is 0 Å². The van der Waals surface area contributed by atoms with Crippen molar-refractivity contribution in [3.8, 4) is 0 Å². The summed E-state index contributed by atoms with van der Waals surface area (Å²) < 4.78 is 2.46. The molecular weight excluding hydrogens is 244 g/mol. The zero-order valence-electron chi connectivity index (χ0n) is 8.61. The van der Waals surface area contributed by atoms with Crippen molar-refractivity contribution in [2.24, 2.45) is 7.05 Å². The molecule has 0 radical (unpaired) electrons. The van der Waals surface area contributed by atoms with Gasteiger partial charge in [0.25, 0.3) is 5.56 Å². The van der Waals surface area contributed by atoms with E-state index in [9.17, 15) is 4.79 Å². The highest BCUT2D eigenvalue weighted by molar-refractivity contribution is 7.71. The molecule has 0 atom stereocenters. The van der Waals surface area contributed by atoms with E-state index >= 15 is 0 Å². The van der Waals surface area contributed by atoms with Crippen LogP contribution in [0.15, 0.2) is 4.79 Å². The molecule has 1 fully saturated rings. The van der Waals surface area contributed by atoms with Crippen LogP contribution in [-0.2, 0) is 7.05 Å². The van der Waals surface area contributed by atoms with Gasteiger partial charge in [-0.15, -0.1) is 0 Å². The van der Waals surface area contributed by atoms with Crippen LogP contribution < -0.4 is 10.9 Å². The first-order valence-electron chi connectivity index (χ1n) is 5.01. The summed E-state index contributed by atoms with van der Waals surface area (Å²) in [5, 5.41) is 4.07. The summed E-state index contributed by atoms with van der Waals surface area (Å²) in [6.45, 7) is 0. The van der Waals surface area contributed by atoms with E-state index in [-0.39, 0.29) is 5.56 Å². The SMILES string of the molecule is Cn1c(=S)[nH]c2nc(NC3CC3)sc2c1=O. The van der Waals surface area contributed by atoms with Gasteiger partial charge in [-0.3, -0.25) is 9.36 Å². The summed E-state index contributed by atoms with van der Waals surface area (Å²) >= 11 is 6.41. The van der Waals surface area contributed by atoms with Crippen LogP contribution in [0.5, 0.6) is 0 Å². The average Bonchev–Trinajstić information content (AvgIpc) is 2.96. The maximum absolute atomic E-state index is 11.9. The second kappa shape index (κ2) is 3.39. The molecule has 0 spiro atoms. The average molecular weight is 254 g/mol. The lowest BCUT2D eigenvalue weighted by Gasteiger charge is -1.95. The summed E-state index contributed by atoms with van der Waals surface area (Å²) in [5.74, 6) is 0. The van der Waals surface area contributed by atoms with E-state index in [2.05, 4.69) is 15.3 Å². The van der Waals surface area contributed by atoms with Crippen LogP contribution in [0.25, 0.3) is 10.3 Å². The van der Waals surface area contributed by atoms with Gasteiger partial charge >= 0.3 is 0 Å². The largest absolute Gasteiger partial charge is 0.359 e. The minimum absolute atomic E-state index is 0.0832. The van der Waals surface area contributed by atoms with Gasteiger partial charge < -0.3 is 10.3 Å². The van der Waals surface area contributed by atoms with Crippen molar-refractivity contribution in [3.05, 3.63) is 15.1 Å². The fourth-order valence-electron chi connectivity index (χ4n) is 1.44. The van der Waals surface area contributed by atoms with E-state index in [0.29, 0.717) is 21.2 Å². The minimum atomic E-state index is -0.0832. The van der Waals surface area contributed by atoms with Crippen LogP contribution in [0.2, 0.25) is 0 Å². The molecule has 1 saturated carbocycles. The Morgan fingerprint density at radius 3 is 3.06 bits per heavy atom. The Morgan fingerprint density at radius 1 is 1.62 bits per heavy atom. The van der Waals surface area contributed by atoms with Gasteiger partial charge in [-0.2, -0.15) is 0 Å². The molecule has 1 aliphatic rings. The Bertz CT molecular complexity index is 664. The highest BCUT2D eigenvalue weighted by Gasteiger charge is 2.22. The first-order valence-corrected chi connectivity index (χ1v) is 6.24. The molecule has 1 aliphatic carbocycles. The van der Waals surface area contributed by atoms with Crippen LogP contribution in [0, 0.1) is 4.77 Å². The molecule has 0 saturated heterocycles. The molecule has 0 aliphatic heterocycles. The number of nitrogens with one attached hydrogen (secondary N) is 2. The predicted octanol–water partition coefficient (Wildman–Crippen LogP) is 1.63. The summed E-state index contributed by atoms with van der Waals surface area (Å²) in [6.07, 6.45) is 2.37. The van der Waals surface area contributed by atoms with Crippen LogP contribution in [0.3, 0.4) is 0 Å². The second-order valence-electron chi connectivity index (χ2n) is 3.91. The third-order valence-corrected chi connectivity index (χ3v) is 3.91. The smallest absolute Gasteiger partial charge is 0.273 e. The monoisotopic (exact) mass is 254 g/mol. The highest BCUT2D eigenvalue weighted by atomic mass is 32.1. The quantitative estimate of drug-likeness (QED) is 0.800. The number of hydrogen-bond acceptors (Lipinski definition) is 5. The normalized spacial score (nSPS) is 15.6. The van der Waals surface area contributed by atoms with Crippen LogP contribution >= 0.6 is 23.6 Å². The number of aromatic amines is 1. The Balaban J connectivity index is 2.19. The molecule has 7 heteroatoms. The van der Waals surface area contributed by atoms with Crippen LogP contribution in [0.1, 0.15) is 12.8 Å². The van der Waals surface area contributed by atoms with Crippen molar-refractivity contribution in [2.45, 2.75) is 18.9 Å². The van der Waals surface area contributed by atoms with Gasteiger partial charge in [0.05, 0.1) is 0 Å². The lowest BCUT2D eigenvalue weighted by atomic mass is 10.6. The molecule has 5 nitrogen and oxygen atoms in total. The number of fused-ring (bicyclic) bond motifs is 1. The van der Waals surface area contributed by atoms with E-state index in [1.165, 1.54) is 28.7 Å². The lowest BCUT2D eigenvalue weighted by molar-refractivity contribution is 0.824. The van der Waals surface area contributed by atoms with Gasteiger partial charge in [-0.05, 0) is 25.1 Å². The molecule has 3 rings (SSSR count). The lowest BCUT2D eigenvalue weighted by Crippen LogP contribution is -2.17. The Kier molecular flexibility index (Phi) is 2.11. The maximum Gasteiger partial charge on any atom is 0.273 e. The standard InChI is InChI=1S/C9H10N4OS2/c1-13-7(14)5-6(12-9(13)15)11-8(16-5)10-4-2-3-4/h4H,2-3H2,1H3,(H,10,11)(H,12,15). The van der Waals surface area contributed by atoms with E-state index in [4.69, 9.17) is 12.2 Å². The molecule has 16 heavy (non-hydrogen) atoms. The molecule has 2 N–H and O–H groups in total. The van der Waals surface area contributed by atoms with Gasteiger partial charge in [0.1, 0.15) is 4.70 Å². The number of aromatic nitrogens is 3. The van der Waals surface area contributed by atoms with E-state index in [1.54, 1.807) is 7.05 Å². The first-order chi connectivity index (χ1) is 7.65. The summed E-state index contributed by atoms with van der Waals surface area (Å²) in [4.78, 5) is 19.2. The summed E-state index contributed by atoms with van der Waals surface area (Å²) in [6, 6.07) is 0.535. The first kappa shape index (κ1) is 9.98. The minimum Gasteiger partial charge on any atom is -0.359 e. The van der Waals surface area contributed by atoms with Crippen molar-refractivity contribution in [2.75, 3.05) is 5.32 Å². The van der Waals surface area contributed by atoms with E-state index in [0.717, 1.165) is 5.13 Å². The van der Waals surface area contributed by atoms with Crippen molar-refractivity contribution in [3.63, 3.8) is 0 Å². The van der Waals surface area contributed by atoms with E-state index < -0.39 is 0 Å². The predicted molar refractivity (Wildman–Crippen MR) is 66.7 cm³/mol. The molecule has 2 aromatic rings. The van der Waals surface area contributed by atoms with Gasteiger partial charge in [-0.1, -0.05) is 11.3 Å².